The summed E-state index contributed by atoms with van der Waals surface area (Å²) in [4.78, 5) is 23.7. The molecule has 384 valence electrons. The number of carboxylic acid groups (broad SMARTS) is 2. The van der Waals surface area contributed by atoms with Gasteiger partial charge in [0.05, 0.1) is 5.60 Å². The Balaban J connectivity index is 4.00. The Bertz CT molecular complexity index is 995. The molecule has 65 heavy (non-hydrogen) atoms. The molecule has 0 radical (unpaired) electrons. The molecule has 0 heterocycles. The highest BCUT2D eigenvalue weighted by molar-refractivity contribution is 5.66. The van der Waals surface area contributed by atoms with Crippen molar-refractivity contribution in [2.45, 2.75) is 334 Å². The van der Waals surface area contributed by atoms with Crippen LogP contribution >= 0.6 is 0 Å². The second-order valence-corrected chi connectivity index (χ2v) is 21.0. The fourth-order valence-corrected chi connectivity index (χ4v) is 9.81. The zero-order valence-corrected chi connectivity index (χ0v) is 44.1. The van der Waals surface area contributed by atoms with Crippen LogP contribution in [0.15, 0.2) is 24.3 Å². The number of aliphatic carboxylic acids is 2. The molecular formula is C59H113NO5. The molecule has 0 saturated carbocycles. The van der Waals surface area contributed by atoms with E-state index < -0.39 is 17.5 Å². The topological polar surface area (TPSA) is 98.1 Å². The molecule has 0 aliphatic carbocycles. The lowest BCUT2D eigenvalue weighted by molar-refractivity contribution is -0.138. The maximum Gasteiger partial charge on any atom is 0.303 e. The highest BCUT2D eigenvalue weighted by Gasteiger charge is 2.25. The van der Waals surface area contributed by atoms with Crippen LogP contribution in [0.2, 0.25) is 0 Å². The molecule has 0 fully saturated rings. The third-order valence-electron chi connectivity index (χ3n) is 14.0. The predicted octanol–water partition coefficient (Wildman–Crippen LogP) is 18.7. The van der Waals surface area contributed by atoms with Crippen molar-refractivity contribution in [2.75, 3.05) is 6.54 Å². The zero-order valence-electron chi connectivity index (χ0n) is 44.1. The fraction of sp³-hybridized carbons (Fsp3) is 0.898. The smallest absolute Gasteiger partial charge is 0.303 e. The number of unbranched alkanes of at least 4 members (excludes halogenated alkanes) is 35. The van der Waals surface area contributed by atoms with E-state index in [0.29, 0.717) is 24.9 Å². The van der Waals surface area contributed by atoms with Gasteiger partial charge in [0.25, 0.3) is 0 Å². The second-order valence-electron chi connectivity index (χ2n) is 21.0. The van der Waals surface area contributed by atoms with Crippen molar-refractivity contribution in [1.29, 1.82) is 0 Å². The lowest BCUT2D eigenvalue weighted by Gasteiger charge is -2.32. The van der Waals surface area contributed by atoms with E-state index in [1.54, 1.807) is 0 Å². The van der Waals surface area contributed by atoms with Crippen molar-refractivity contribution in [3.05, 3.63) is 24.3 Å². The van der Waals surface area contributed by atoms with Crippen molar-refractivity contribution >= 4 is 11.9 Å². The Morgan fingerprint density at radius 3 is 0.815 bits per heavy atom. The first-order valence-electron chi connectivity index (χ1n) is 28.8. The van der Waals surface area contributed by atoms with Crippen molar-refractivity contribution in [3.63, 3.8) is 0 Å². The quantitative estimate of drug-likeness (QED) is 0.0415. The van der Waals surface area contributed by atoms with Gasteiger partial charge in [-0.25, -0.2) is 0 Å². The molecule has 0 aromatic heterocycles. The van der Waals surface area contributed by atoms with E-state index in [1.807, 2.05) is 0 Å². The first kappa shape index (κ1) is 63.3. The van der Waals surface area contributed by atoms with Crippen molar-refractivity contribution in [1.82, 2.24) is 4.90 Å². The Morgan fingerprint density at radius 1 is 0.354 bits per heavy atom. The molecule has 0 saturated heterocycles. The molecule has 0 bridgehead atoms. The van der Waals surface area contributed by atoms with Gasteiger partial charge in [0, 0.05) is 24.9 Å². The molecule has 0 spiro atoms. The van der Waals surface area contributed by atoms with Crippen LogP contribution in [0.25, 0.3) is 0 Å². The molecular weight excluding hydrogens is 803 g/mol. The molecule has 0 unspecified atom stereocenters. The summed E-state index contributed by atoms with van der Waals surface area (Å²) in [6, 6.07) is 1.16. The van der Waals surface area contributed by atoms with Gasteiger partial charge < -0.3 is 15.3 Å². The Hall–Kier alpha value is -1.66. The summed E-state index contributed by atoms with van der Waals surface area (Å²) in [5.41, 5.74) is -0.466. The van der Waals surface area contributed by atoms with Crippen LogP contribution in [0.5, 0.6) is 0 Å². The molecule has 3 N–H and O–H groups in total. The van der Waals surface area contributed by atoms with E-state index in [4.69, 9.17) is 10.2 Å². The lowest BCUT2D eigenvalue weighted by atomic mass is 9.85. The van der Waals surface area contributed by atoms with E-state index >= 15 is 0 Å². The summed E-state index contributed by atoms with van der Waals surface area (Å²) in [6.45, 7) is 10.4. The number of hydrogen-bond acceptors (Lipinski definition) is 4. The van der Waals surface area contributed by atoms with E-state index in [0.717, 1.165) is 70.8 Å². The maximum absolute atomic E-state index is 11.9. The normalized spacial score (nSPS) is 12.4. The molecule has 0 amide bonds. The van der Waals surface area contributed by atoms with Crippen LogP contribution in [0.3, 0.4) is 0 Å². The monoisotopic (exact) mass is 916 g/mol. The number of nitrogens with zero attached hydrogens (tertiary/aromatic N) is 1. The lowest BCUT2D eigenvalue weighted by Crippen LogP contribution is -2.38. The van der Waals surface area contributed by atoms with Gasteiger partial charge in [0.15, 0.2) is 0 Å². The predicted molar refractivity (Wildman–Crippen MR) is 283 cm³/mol. The first-order valence-corrected chi connectivity index (χ1v) is 28.8. The maximum atomic E-state index is 11.9. The number of aliphatic hydroxyl groups is 1. The Labute approximate surface area is 405 Å². The number of carbonyl (C=O) groups is 2. The van der Waals surface area contributed by atoms with E-state index in [9.17, 15) is 14.7 Å². The molecule has 6 nitrogen and oxygen atoms in total. The van der Waals surface area contributed by atoms with Crippen molar-refractivity contribution in [3.8, 4) is 0 Å². The van der Waals surface area contributed by atoms with E-state index in [-0.39, 0.29) is 0 Å². The molecule has 0 atom stereocenters. The molecule has 0 aromatic rings. The largest absolute Gasteiger partial charge is 0.481 e. The zero-order chi connectivity index (χ0) is 47.7. The standard InChI is InChI=1S/C59H113NO5/c1-55(2)60(56(3)4)54-48-47-53-59(65,51-45-41-37-33-29-25-21-17-13-9-5-7-11-15-19-23-27-31-35-39-43-49-57(61)62)52-46-42-38-34-30-26-22-18-14-10-6-8-12-16-20-24-28-32-36-40-44-50-58(63)64/h15-16,19-20,55-56,65H,5-14,17-18,21-54H2,1-4H3,(H,61,62)(H,63,64)/b19-15-,20-16-. The summed E-state index contributed by atoms with van der Waals surface area (Å²) in [5.74, 6) is -1.34. The van der Waals surface area contributed by atoms with E-state index in [1.165, 1.54) is 212 Å². The van der Waals surface area contributed by atoms with Crippen molar-refractivity contribution in [2.24, 2.45) is 0 Å². The minimum Gasteiger partial charge on any atom is -0.481 e. The van der Waals surface area contributed by atoms with Gasteiger partial charge in [-0.05, 0) is 131 Å². The van der Waals surface area contributed by atoms with Gasteiger partial charge in [0.1, 0.15) is 0 Å². The summed E-state index contributed by atoms with van der Waals surface area (Å²) >= 11 is 0. The van der Waals surface area contributed by atoms with Crippen LogP contribution in [0, 0.1) is 0 Å². The number of rotatable bonds is 53. The summed E-state index contributed by atoms with van der Waals surface area (Å²) < 4.78 is 0. The molecule has 0 aliphatic rings. The molecule has 0 aromatic carbocycles. The summed E-state index contributed by atoms with van der Waals surface area (Å²) in [6.07, 6.45) is 63.5. The van der Waals surface area contributed by atoms with E-state index in [2.05, 4.69) is 56.9 Å². The minimum atomic E-state index is -0.668. The summed E-state index contributed by atoms with van der Waals surface area (Å²) in [5, 5.41) is 29.3. The van der Waals surface area contributed by atoms with Gasteiger partial charge in [-0.2, -0.15) is 0 Å². The van der Waals surface area contributed by atoms with Crippen LogP contribution < -0.4 is 0 Å². The van der Waals surface area contributed by atoms with Crippen LogP contribution in [-0.2, 0) is 9.59 Å². The van der Waals surface area contributed by atoms with Gasteiger partial charge in [0.2, 0.25) is 0 Å². The molecule has 0 rings (SSSR count). The van der Waals surface area contributed by atoms with Gasteiger partial charge in [-0.1, -0.05) is 204 Å². The number of carboxylic acids is 2. The average Bonchev–Trinajstić information content (AvgIpc) is 3.26. The second kappa shape index (κ2) is 48.8. The fourth-order valence-electron chi connectivity index (χ4n) is 9.81. The van der Waals surface area contributed by atoms with Gasteiger partial charge in [-0.3, -0.25) is 14.5 Å². The van der Waals surface area contributed by atoms with Crippen LogP contribution in [0.1, 0.15) is 317 Å². The molecule has 6 heteroatoms. The first-order chi connectivity index (χ1) is 31.6. The highest BCUT2D eigenvalue weighted by Crippen LogP contribution is 2.29. The SMILES string of the molecule is CC(C)N(CCCCC(O)(CCCCCCCCCCCCCC/C=C\CCCCCCCC(=O)O)CCCCCCCCCCCCCC/C=C\CCCCCCCC(=O)O)C(C)C. The third kappa shape index (κ3) is 48.6. The molecule has 0 aliphatic heterocycles. The van der Waals surface area contributed by atoms with Crippen molar-refractivity contribution < 1.29 is 24.9 Å². The van der Waals surface area contributed by atoms with Crippen LogP contribution in [-0.4, -0.2) is 56.4 Å². The number of hydrogen-bond donors (Lipinski definition) is 3. The van der Waals surface area contributed by atoms with Crippen LogP contribution in [0.4, 0.5) is 0 Å². The Morgan fingerprint density at radius 2 is 0.569 bits per heavy atom. The highest BCUT2D eigenvalue weighted by atomic mass is 16.4. The van der Waals surface area contributed by atoms with Gasteiger partial charge in [-0.15, -0.1) is 0 Å². The Kier molecular flexibility index (Phi) is 47.5. The van der Waals surface area contributed by atoms with Gasteiger partial charge >= 0.3 is 11.9 Å². The average molecular weight is 917 g/mol. The minimum absolute atomic E-state index is 0.319. The third-order valence-corrected chi connectivity index (χ3v) is 14.0. The number of allylic oxidation sites excluding steroid dienone is 4. The summed E-state index contributed by atoms with van der Waals surface area (Å²) in [7, 11) is 0.